The minimum atomic E-state index is -0.962. The normalized spacial score (nSPS) is 19.9. The first-order valence-corrected chi connectivity index (χ1v) is 13.8. The summed E-state index contributed by atoms with van der Waals surface area (Å²) in [5.41, 5.74) is 4.77. The fourth-order valence-corrected chi connectivity index (χ4v) is 6.60. The molecule has 3 atom stereocenters. The number of nitrogens with zero attached hydrogens (tertiary/aromatic N) is 2. The van der Waals surface area contributed by atoms with Gasteiger partial charge in [0.05, 0.1) is 15.7 Å². The lowest BCUT2D eigenvalue weighted by atomic mass is 10.0. The number of rotatable bonds is 7. The van der Waals surface area contributed by atoms with Gasteiger partial charge in [-0.3, -0.25) is 4.79 Å². The number of aromatic amines is 1. The van der Waals surface area contributed by atoms with Crippen molar-refractivity contribution in [1.82, 2.24) is 15.3 Å². The number of carboxylic acids is 1. The number of nitrogens with one attached hydrogen (secondary N) is 2. The Bertz CT molecular complexity index is 1520. The van der Waals surface area contributed by atoms with Crippen LogP contribution in [0.4, 0.5) is 5.13 Å². The zero-order valence-corrected chi connectivity index (χ0v) is 22.7. The molecule has 0 spiro atoms. The lowest BCUT2D eigenvalue weighted by Crippen LogP contribution is -2.34. The topological polar surface area (TPSA) is 98.3 Å². The maximum atomic E-state index is 12.7. The average molecular weight is 567 g/mol. The van der Waals surface area contributed by atoms with E-state index in [1.165, 1.54) is 11.3 Å². The van der Waals surface area contributed by atoms with Crippen LogP contribution < -0.4 is 10.2 Å². The van der Waals surface area contributed by atoms with E-state index in [9.17, 15) is 14.7 Å². The Balaban J connectivity index is 1.11. The van der Waals surface area contributed by atoms with Crippen molar-refractivity contribution in [2.75, 3.05) is 18.0 Å². The van der Waals surface area contributed by atoms with Gasteiger partial charge in [-0.25, -0.2) is 9.78 Å². The van der Waals surface area contributed by atoms with Crippen molar-refractivity contribution in [3.8, 4) is 11.1 Å². The van der Waals surface area contributed by atoms with Gasteiger partial charge in [0.15, 0.2) is 5.13 Å². The summed E-state index contributed by atoms with van der Waals surface area (Å²) in [6, 6.07) is 18.3. The molecule has 4 aromatic rings. The highest BCUT2D eigenvalue weighted by Crippen LogP contribution is 2.48. The molecule has 38 heavy (non-hydrogen) atoms. The second-order valence-corrected chi connectivity index (χ2v) is 11.5. The van der Waals surface area contributed by atoms with Gasteiger partial charge in [0.2, 0.25) is 0 Å². The average Bonchev–Trinajstić information content (AvgIpc) is 3.27. The van der Waals surface area contributed by atoms with Crippen molar-refractivity contribution in [1.29, 1.82) is 0 Å². The van der Waals surface area contributed by atoms with Crippen molar-refractivity contribution in [2.24, 2.45) is 11.8 Å². The summed E-state index contributed by atoms with van der Waals surface area (Å²) < 4.78 is 0. The predicted molar refractivity (Wildman–Crippen MR) is 150 cm³/mol. The van der Waals surface area contributed by atoms with Gasteiger partial charge in [-0.05, 0) is 23.6 Å². The van der Waals surface area contributed by atoms with E-state index in [2.05, 4.69) is 39.5 Å². The second kappa shape index (κ2) is 9.76. The SMILES string of the molecule is Cc1[nH]c(C(=O)NC2[C@H]3CN(c4nc(Cc5ccc(-c6ccccc6)cc5)c(C(=O)O)s4)C[C@@H]23)c(Cl)c1Cl. The standard InChI is InChI=1S/C28H24Cl2N4O3S/c1-14-21(29)22(30)24(31-14)26(35)33-23-18-12-34(13-19(18)23)28-32-20(25(38-28)27(36)37)11-15-7-9-17(10-8-15)16-5-3-2-4-6-16/h2-10,18-19,23,31H,11-13H2,1H3,(H,33,35)(H,36,37)/t18-,19+,23?. The van der Waals surface area contributed by atoms with E-state index in [1.807, 2.05) is 30.3 Å². The lowest BCUT2D eigenvalue weighted by molar-refractivity contribution is 0.0700. The number of carbonyl (C=O) groups excluding carboxylic acids is 1. The molecule has 0 bridgehead atoms. The number of aromatic nitrogens is 2. The molecule has 3 N–H and O–H groups in total. The van der Waals surface area contributed by atoms with Gasteiger partial charge in [-0.2, -0.15) is 0 Å². The molecule has 2 aromatic heterocycles. The van der Waals surface area contributed by atoms with E-state index < -0.39 is 5.97 Å². The lowest BCUT2D eigenvalue weighted by Gasteiger charge is -2.19. The number of hydrogen-bond acceptors (Lipinski definition) is 5. The number of aromatic carboxylic acids is 1. The van der Waals surface area contributed by atoms with Gasteiger partial charge in [-0.1, -0.05) is 89.1 Å². The number of hydrogen-bond donors (Lipinski definition) is 3. The first-order chi connectivity index (χ1) is 18.3. The highest BCUT2D eigenvalue weighted by Gasteiger charge is 2.57. The third-order valence-electron chi connectivity index (χ3n) is 7.36. The number of thiazole rings is 1. The van der Waals surface area contributed by atoms with Gasteiger partial charge in [0.1, 0.15) is 10.6 Å². The molecule has 2 aliphatic rings. The maximum absolute atomic E-state index is 12.7. The van der Waals surface area contributed by atoms with E-state index >= 15 is 0 Å². The van der Waals surface area contributed by atoms with Crippen LogP contribution in [0.15, 0.2) is 54.6 Å². The molecule has 7 nitrogen and oxygen atoms in total. The third-order valence-corrected chi connectivity index (χ3v) is 9.45. The molecular weight excluding hydrogens is 543 g/mol. The Morgan fingerprint density at radius 3 is 2.32 bits per heavy atom. The monoisotopic (exact) mass is 566 g/mol. The van der Waals surface area contributed by atoms with Gasteiger partial charge in [0.25, 0.3) is 5.91 Å². The van der Waals surface area contributed by atoms with E-state index in [4.69, 9.17) is 28.2 Å². The molecule has 6 rings (SSSR count). The minimum Gasteiger partial charge on any atom is -0.477 e. The minimum absolute atomic E-state index is 0.0544. The summed E-state index contributed by atoms with van der Waals surface area (Å²) in [5.74, 6) is -0.652. The highest BCUT2D eigenvalue weighted by molar-refractivity contribution is 7.17. The van der Waals surface area contributed by atoms with Crippen LogP contribution in [0.1, 0.15) is 37.1 Å². The Labute approximate surface area is 233 Å². The number of H-pyrrole nitrogens is 1. The Morgan fingerprint density at radius 1 is 1.05 bits per heavy atom. The first kappa shape index (κ1) is 25.0. The zero-order chi connectivity index (χ0) is 26.6. The number of carboxylic acid groups (broad SMARTS) is 1. The van der Waals surface area contributed by atoms with Crippen LogP contribution in [0, 0.1) is 18.8 Å². The van der Waals surface area contributed by atoms with Crippen molar-refractivity contribution >= 4 is 51.5 Å². The number of amides is 1. The summed E-state index contributed by atoms with van der Waals surface area (Å²) >= 11 is 13.5. The van der Waals surface area contributed by atoms with Crippen molar-refractivity contribution in [3.63, 3.8) is 0 Å². The Kier molecular flexibility index (Phi) is 6.42. The molecule has 1 amide bonds. The molecule has 3 heterocycles. The third kappa shape index (κ3) is 4.57. The molecule has 1 saturated carbocycles. The number of carbonyl (C=O) groups is 2. The van der Waals surface area contributed by atoms with Crippen molar-refractivity contribution < 1.29 is 14.7 Å². The van der Waals surface area contributed by atoms with E-state index in [-0.39, 0.29) is 39.4 Å². The maximum Gasteiger partial charge on any atom is 0.347 e. The molecule has 10 heteroatoms. The summed E-state index contributed by atoms with van der Waals surface area (Å²) in [7, 11) is 0. The van der Waals surface area contributed by atoms with Crippen LogP contribution in [0.3, 0.4) is 0 Å². The second-order valence-electron chi connectivity index (χ2n) is 9.80. The zero-order valence-electron chi connectivity index (χ0n) is 20.4. The van der Waals surface area contributed by atoms with Gasteiger partial charge in [-0.15, -0.1) is 0 Å². The van der Waals surface area contributed by atoms with Crippen LogP contribution in [-0.4, -0.2) is 46.1 Å². The Hall–Kier alpha value is -3.33. The van der Waals surface area contributed by atoms with Crippen LogP contribution in [-0.2, 0) is 6.42 Å². The predicted octanol–water partition coefficient (Wildman–Crippen LogP) is 5.91. The van der Waals surface area contributed by atoms with Gasteiger partial charge >= 0.3 is 5.97 Å². The van der Waals surface area contributed by atoms with E-state index in [0.29, 0.717) is 41.1 Å². The van der Waals surface area contributed by atoms with Crippen molar-refractivity contribution in [2.45, 2.75) is 19.4 Å². The summed E-state index contributed by atoms with van der Waals surface area (Å²) in [6.45, 7) is 3.19. The summed E-state index contributed by atoms with van der Waals surface area (Å²) in [5, 5.41) is 14.2. The number of aryl methyl sites for hydroxylation is 1. The smallest absolute Gasteiger partial charge is 0.347 e. The van der Waals surface area contributed by atoms with Crippen LogP contribution >= 0.6 is 34.5 Å². The molecule has 0 radical (unpaired) electrons. The van der Waals surface area contributed by atoms with Crippen LogP contribution in [0.2, 0.25) is 10.0 Å². The molecule has 1 saturated heterocycles. The van der Waals surface area contributed by atoms with Gasteiger partial charge < -0.3 is 20.3 Å². The fraction of sp³-hybridized carbons (Fsp3) is 0.250. The largest absolute Gasteiger partial charge is 0.477 e. The highest BCUT2D eigenvalue weighted by atomic mass is 35.5. The van der Waals surface area contributed by atoms with Crippen LogP contribution in [0.25, 0.3) is 11.1 Å². The summed E-state index contributed by atoms with van der Waals surface area (Å²) in [6.07, 6.45) is 0.450. The molecule has 1 unspecified atom stereocenters. The first-order valence-electron chi connectivity index (χ1n) is 12.3. The number of halogens is 2. The van der Waals surface area contributed by atoms with Crippen molar-refractivity contribution in [3.05, 3.63) is 92.2 Å². The number of benzene rings is 2. The summed E-state index contributed by atoms with van der Waals surface area (Å²) in [4.78, 5) is 34.8. The molecule has 2 aromatic carbocycles. The fourth-order valence-electron chi connectivity index (χ4n) is 5.25. The molecule has 1 aliphatic carbocycles. The Morgan fingerprint density at radius 2 is 1.71 bits per heavy atom. The number of piperidine rings is 1. The molecular formula is C28H24Cl2N4O3S. The van der Waals surface area contributed by atoms with Crippen LogP contribution in [0.5, 0.6) is 0 Å². The van der Waals surface area contributed by atoms with E-state index in [0.717, 1.165) is 16.7 Å². The molecule has 194 valence electrons. The number of fused-ring (bicyclic) bond motifs is 1. The number of anilines is 1. The molecule has 2 fully saturated rings. The van der Waals surface area contributed by atoms with E-state index in [1.54, 1.807) is 6.92 Å². The quantitative estimate of drug-likeness (QED) is 0.258. The van der Waals surface area contributed by atoms with Gasteiger partial charge in [0, 0.05) is 43.1 Å². The molecule has 1 aliphatic heterocycles.